The van der Waals surface area contributed by atoms with Gasteiger partial charge in [-0.05, 0) is 36.4 Å². The van der Waals surface area contributed by atoms with Gasteiger partial charge < -0.3 is 4.57 Å². The molecular weight excluding hydrogens is 641 g/mol. The van der Waals surface area contributed by atoms with Gasteiger partial charge in [-0.25, -0.2) is 9.97 Å². The fourth-order valence-electron chi connectivity index (χ4n) is 7.88. The van der Waals surface area contributed by atoms with Gasteiger partial charge in [0, 0.05) is 64.6 Å². The third kappa shape index (κ3) is 4.25. The second-order valence-electron chi connectivity index (χ2n) is 13.0. The van der Waals surface area contributed by atoms with E-state index in [1.165, 1.54) is 47.2 Å². The highest BCUT2D eigenvalue weighted by Gasteiger charge is 2.22. The normalized spacial score (nSPS) is 11.9. The molecule has 7 aromatic carbocycles. The van der Waals surface area contributed by atoms with Gasteiger partial charge in [0.2, 0.25) is 0 Å². The van der Waals surface area contributed by atoms with Crippen molar-refractivity contribution >= 4 is 75.1 Å². The molecule has 0 spiro atoms. The molecule has 238 valence electrons. The third-order valence-corrected chi connectivity index (χ3v) is 11.3. The summed E-state index contributed by atoms with van der Waals surface area (Å²) in [6.45, 7) is 0. The lowest BCUT2D eigenvalue weighted by Crippen LogP contribution is -2.03. The first-order chi connectivity index (χ1) is 25.3. The molecule has 51 heavy (non-hydrogen) atoms. The van der Waals surface area contributed by atoms with Crippen molar-refractivity contribution in [3.8, 4) is 34.2 Å². The zero-order valence-corrected chi connectivity index (χ0v) is 28.2. The molecule has 4 heterocycles. The van der Waals surface area contributed by atoms with Crippen LogP contribution in [0.4, 0.5) is 0 Å². The summed E-state index contributed by atoms with van der Waals surface area (Å²) in [5.74, 6) is 1.53. The SMILES string of the molecule is c1ccc(-c2nc(-c3ccc4c(c3)sc3ccccc34)cc(-n3c4ccccc4c4ccc5c6ccccc6n(-c6ccccc6)c5c43)n2)cc1. The molecule has 0 aliphatic heterocycles. The Morgan fingerprint density at radius 1 is 0.392 bits per heavy atom. The summed E-state index contributed by atoms with van der Waals surface area (Å²) in [6, 6.07) is 60.6. The van der Waals surface area contributed by atoms with E-state index in [1.807, 2.05) is 17.4 Å². The molecule has 0 bridgehead atoms. The first kappa shape index (κ1) is 28.3. The number of rotatable bonds is 4. The van der Waals surface area contributed by atoms with Crippen LogP contribution in [0.5, 0.6) is 0 Å². The van der Waals surface area contributed by atoms with Crippen molar-refractivity contribution in [3.05, 3.63) is 170 Å². The van der Waals surface area contributed by atoms with Crippen molar-refractivity contribution < 1.29 is 0 Å². The number of hydrogen-bond donors (Lipinski definition) is 0. The van der Waals surface area contributed by atoms with Crippen LogP contribution in [-0.2, 0) is 0 Å². The van der Waals surface area contributed by atoms with Gasteiger partial charge in [0.1, 0.15) is 5.82 Å². The van der Waals surface area contributed by atoms with Crippen molar-refractivity contribution in [2.45, 2.75) is 0 Å². The zero-order valence-electron chi connectivity index (χ0n) is 27.4. The van der Waals surface area contributed by atoms with E-state index in [4.69, 9.17) is 9.97 Å². The number of nitrogens with zero attached hydrogens (tertiary/aromatic N) is 4. The molecule has 0 fully saturated rings. The van der Waals surface area contributed by atoms with Gasteiger partial charge in [-0.2, -0.15) is 0 Å². The van der Waals surface area contributed by atoms with Gasteiger partial charge in [0.15, 0.2) is 5.82 Å². The number of hydrogen-bond acceptors (Lipinski definition) is 3. The molecule has 0 unspecified atom stereocenters. The first-order valence-electron chi connectivity index (χ1n) is 17.2. The Labute approximate surface area is 297 Å². The number of fused-ring (bicyclic) bond motifs is 10. The molecule has 4 nitrogen and oxygen atoms in total. The lowest BCUT2D eigenvalue weighted by atomic mass is 10.1. The molecule has 11 rings (SSSR count). The fourth-order valence-corrected chi connectivity index (χ4v) is 9.03. The minimum absolute atomic E-state index is 0.696. The molecule has 0 atom stereocenters. The molecule has 5 heteroatoms. The predicted octanol–water partition coefficient (Wildman–Crippen LogP) is 12.4. The van der Waals surface area contributed by atoms with Crippen molar-refractivity contribution in [2.75, 3.05) is 0 Å². The van der Waals surface area contributed by atoms with E-state index in [-0.39, 0.29) is 0 Å². The molecule has 0 saturated heterocycles. The summed E-state index contributed by atoms with van der Waals surface area (Å²) in [5, 5.41) is 7.37. The number of thiophene rings is 1. The highest BCUT2D eigenvalue weighted by Crippen LogP contribution is 2.42. The van der Waals surface area contributed by atoms with Crippen LogP contribution in [0.25, 0.3) is 97.9 Å². The molecule has 4 aromatic heterocycles. The second-order valence-corrected chi connectivity index (χ2v) is 14.1. The van der Waals surface area contributed by atoms with Crippen LogP contribution in [0.15, 0.2) is 170 Å². The number of aromatic nitrogens is 4. The Bertz CT molecular complexity index is 3130. The summed E-state index contributed by atoms with van der Waals surface area (Å²) in [6.07, 6.45) is 0. The zero-order chi connectivity index (χ0) is 33.5. The van der Waals surface area contributed by atoms with Crippen LogP contribution < -0.4 is 0 Å². The predicted molar refractivity (Wildman–Crippen MR) is 214 cm³/mol. The van der Waals surface area contributed by atoms with Gasteiger partial charge in [0.05, 0.1) is 27.8 Å². The lowest BCUT2D eigenvalue weighted by Gasteiger charge is -2.14. The van der Waals surface area contributed by atoms with Gasteiger partial charge in [-0.15, -0.1) is 11.3 Å². The quantitative estimate of drug-likeness (QED) is 0.187. The molecular formula is C46H28N4S. The molecule has 11 aromatic rings. The fraction of sp³-hybridized carbons (Fsp3) is 0. The molecule has 0 amide bonds. The molecule has 0 aliphatic rings. The summed E-state index contributed by atoms with van der Waals surface area (Å²) < 4.78 is 7.32. The average molecular weight is 669 g/mol. The van der Waals surface area contributed by atoms with E-state index < -0.39 is 0 Å². The second kappa shape index (κ2) is 11.0. The van der Waals surface area contributed by atoms with Crippen LogP contribution in [-0.4, -0.2) is 19.1 Å². The van der Waals surface area contributed by atoms with Crippen LogP contribution in [0.1, 0.15) is 0 Å². The van der Waals surface area contributed by atoms with Crippen LogP contribution in [0, 0.1) is 0 Å². The molecule has 0 radical (unpaired) electrons. The standard InChI is InChI=1S/C46H28N4S/c1-3-13-29(14-4-1)46-47-38(30-23-24-35-34-19-9-12-22-41(34)51-42(35)27-30)28-43(48-46)50-40-21-11-8-18-33(40)37-26-25-36-32-17-7-10-20-39(32)49(44(36)45(37)50)31-15-5-2-6-16-31/h1-28H. The minimum Gasteiger partial charge on any atom is -0.307 e. The summed E-state index contributed by atoms with van der Waals surface area (Å²) in [5.41, 5.74) is 8.62. The monoisotopic (exact) mass is 668 g/mol. The number of para-hydroxylation sites is 3. The summed E-state index contributed by atoms with van der Waals surface area (Å²) in [7, 11) is 0. The van der Waals surface area contributed by atoms with Crippen LogP contribution in [0.2, 0.25) is 0 Å². The minimum atomic E-state index is 0.696. The molecule has 0 aliphatic carbocycles. The van der Waals surface area contributed by atoms with E-state index in [1.54, 1.807) is 0 Å². The highest BCUT2D eigenvalue weighted by atomic mass is 32.1. The largest absolute Gasteiger partial charge is 0.307 e. The van der Waals surface area contributed by atoms with E-state index in [2.05, 4.69) is 173 Å². The summed E-state index contributed by atoms with van der Waals surface area (Å²) in [4.78, 5) is 10.6. The topological polar surface area (TPSA) is 35.6 Å². The first-order valence-corrected chi connectivity index (χ1v) is 18.0. The molecule has 0 N–H and O–H groups in total. The Balaban J connectivity index is 1.27. The van der Waals surface area contributed by atoms with E-state index in [0.29, 0.717) is 5.82 Å². The smallest absolute Gasteiger partial charge is 0.162 e. The van der Waals surface area contributed by atoms with Gasteiger partial charge in [-0.3, -0.25) is 4.57 Å². The van der Waals surface area contributed by atoms with E-state index >= 15 is 0 Å². The van der Waals surface area contributed by atoms with Crippen molar-refractivity contribution in [2.24, 2.45) is 0 Å². The summed E-state index contributed by atoms with van der Waals surface area (Å²) >= 11 is 1.83. The van der Waals surface area contributed by atoms with Crippen molar-refractivity contribution in [1.82, 2.24) is 19.1 Å². The van der Waals surface area contributed by atoms with E-state index in [0.717, 1.165) is 44.9 Å². The molecule has 0 saturated carbocycles. The highest BCUT2D eigenvalue weighted by molar-refractivity contribution is 7.25. The van der Waals surface area contributed by atoms with Crippen LogP contribution in [0.3, 0.4) is 0 Å². The van der Waals surface area contributed by atoms with Crippen molar-refractivity contribution in [1.29, 1.82) is 0 Å². The Morgan fingerprint density at radius 3 is 1.71 bits per heavy atom. The van der Waals surface area contributed by atoms with E-state index in [9.17, 15) is 0 Å². The van der Waals surface area contributed by atoms with Gasteiger partial charge in [-0.1, -0.05) is 127 Å². The third-order valence-electron chi connectivity index (χ3n) is 10.1. The van der Waals surface area contributed by atoms with Gasteiger partial charge in [0.25, 0.3) is 0 Å². The lowest BCUT2D eigenvalue weighted by molar-refractivity contribution is 1.05. The maximum Gasteiger partial charge on any atom is 0.162 e. The van der Waals surface area contributed by atoms with Crippen LogP contribution >= 0.6 is 11.3 Å². The maximum atomic E-state index is 5.38. The van der Waals surface area contributed by atoms with Crippen molar-refractivity contribution in [3.63, 3.8) is 0 Å². The Morgan fingerprint density at radius 2 is 0.961 bits per heavy atom. The maximum absolute atomic E-state index is 5.38. The Hall–Kier alpha value is -6.56. The van der Waals surface area contributed by atoms with Gasteiger partial charge >= 0.3 is 0 Å². The number of benzene rings is 7. The average Bonchev–Trinajstić information content (AvgIpc) is 3.86. The Kier molecular flexibility index (Phi) is 6.09.